The van der Waals surface area contributed by atoms with Crippen molar-refractivity contribution >= 4 is 17.5 Å². The minimum absolute atomic E-state index is 0.0697. The highest BCUT2D eigenvalue weighted by Gasteiger charge is 2.14. The van der Waals surface area contributed by atoms with Crippen LogP contribution in [0.3, 0.4) is 0 Å². The molecule has 2 heterocycles. The van der Waals surface area contributed by atoms with Gasteiger partial charge in [-0.3, -0.25) is 14.4 Å². The molecule has 7 heteroatoms. The average molecular weight is 382 g/mol. The standard InChI is InChI=1S/C21H26N4O3/c1-16-9-10-18(23-20(27)17-7-3-2-4-8-17)21(28)25(16)15-19(26)22-11-14-24-12-5-6-13-24/h2-4,7-10H,5-6,11-15H2,1H3,(H,22,26)(H,23,27). The van der Waals surface area contributed by atoms with E-state index in [0.29, 0.717) is 17.8 Å². The van der Waals surface area contributed by atoms with Gasteiger partial charge in [0.2, 0.25) is 5.91 Å². The van der Waals surface area contributed by atoms with Gasteiger partial charge in [-0.25, -0.2) is 0 Å². The van der Waals surface area contributed by atoms with Crippen LogP contribution in [0.4, 0.5) is 5.69 Å². The van der Waals surface area contributed by atoms with Gasteiger partial charge in [0.1, 0.15) is 12.2 Å². The zero-order valence-corrected chi connectivity index (χ0v) is 16.1. The van der Waals surface area contributed by atoms with Crippen molar-refractivity contribution in [2.24, 2.45) is 0 Å². The summed E-state index contributed by atoms with van der Waals surface area (Å²) in [5.41, 5.74) is 0.898. The Hall–Kier alpha value is -2.93. The molecule has 1 aliphatic heterocycles. The van der Waals surface area contributed by atoms with E-state index in [1.807, 2.05) is 6.07 Å². The van der Waals surface area contributed by atoms with Crippen LogP contribution in [0, 0.1) is 6.92 Å². The molecule has 0 unspecified atom stereocenters. The van der Waals surface area contributed by atoms with E-state index in [1.54, 1.807) is 43.3 Å². The number of nitrogens with zero attached hydrogens (tertiary/aromatic N) is 2. The zero-order chi connectivity index (χ0) is 19.9. The predicted molar refractivity (Wildman–Crippen MR) is 109 cm³/mol. The number of pyridine rings is 1. The number of hydrogen-bond donors (Lipinski definition) is 2. The predicted octanol–water partition coefficient (Wildman–Crippen LogP) is 1.62. The van der Waals surface area contributed by atoms with Crippen molar-refractivity contribution in [2.75, 3.05) is 31.5 Å². The molecule has 0 aliphatic carbocycles. The number of hydrogen-bond acceptors (Lipinski definition) is 4. The lowest BCUT2D eigenvalue weighted by Gasteiger charge is -2.16. The number of benzene rings is 1. The smallest absolute Gasteiger partial charge is 0.274 e. The lowest BCUT2D eigenvalue weighted by atomic mass is 10.2. The van der Waals surface area contributed by atoms with Crippen molar-refractivity contribution in [3.8, 4) is 0 Å². The first-order chi connectivity index (χ1) is 13.5. The van der Waals surface area contributed by atoms with Gasteiger partial charge >= 0.3 is 0 Å². The van der Waals surface area contributed by atoms with E-state index < -0.39 is 0 Å². The minimum atomic E-state index is -0.390. The van der Waals surface area contributed by atoms with Gasteiger partial charge in [0.25, 0.3) is 11.5 Å². The molecule has 2 aromatic rings. The number of aromatic nitrogens is 1. The van der Waals surface area contributed by atoms with Crippen molar-refractivity contribution in [3.05, 3.63) is 64.1 Å². The van der Waals surface area contributed by atoms with Crippen molar-refractivity contribution in [1.82, 2.24) is 14.8 Å². The Kier molecular flexibility index (Phi) is 6.60. The lowest BCUT2D eigenvalue weighted by Crippen LogP contribution is -2.38. The molecule has 28 heavy (non-hydrogen) atoms. The van der Waals surface area contributed by atoms with Crippen molar-refractivity contribution < 1.29 is 9.59 Å². The van der Waals surface area contributed by atoms with Crippen LogP contribution in [0.1, 0.15) is 28.9 Å². The number of carbonyl (C=O) groups is 2. The molecule has 148 valence electrons. The summed E-state index contributed by atoms with van der Waals surface area (Å²) in [6.45, 7) is 5.25. The summed E-state index contributed by atoms with van der Waals surface area (Å²) in [5.74, 6) is -0.570. The summed E-state index contributed by atoms with van der Waals surface area (Å²) in [6, 6.07) is 12.0. The maximum atomic E-state index is 12.7. The molecule has 0 radical (unpaired) electrons. The van der Waals surface area contributed by atoms with Crippen molar-refractivity contribution in [1.29, 1.82) is 0 Å². The first kappa shape index (κ1) is 19.8. The van der Waals surface area contributed by atoms with Crippen LogP contribution >= 0.6 is 0 Å². The van der Waals surface area contributed by atoms with E-state index in [9.17, 15) is 14.4 Å². The number of likely N-dealkylation sites (tertiary alicyclic amines) is 1. The highest BCUT2D eigenvalue weighted by atomic mass is 16.2. The monoisotopic (exact) mass is 382 g/mol. The molecule has 1 aliphatic rings. The molecule has 2 amide bonds. The van der Waals surface area contributed by atoms with Gasteiger partial charge in [0, 0.05) is 24.3 Å². The minimum Gasteiger partial charge on any atom is -0.353 e. The summed E-state index contributed by atoms with van der Waals surface area (Å²) in [6.07, 6.45) is 2.42. The van der Waals surface area contributed by atoms with Crippen LogP contribution in [-0.4, -0.2) is 47.5 Å². The number of rotatable bonds is 7. The summed E-state index contributed by atoms with van der Waals surface area (Å²) in [4.78, 5) is 39.6. The van der Waals surface area contributed by atoms with E-state index in [1.165, 1.54) is 17.4 Å². The third kappa shape index (κ3) is 5.07. The molecule has 1 saturated heterocycles. The third-order valence-corrected chi connectivity index (χ3v) is 4.93. The summed E-state index contributed by atoms with van der Waals surface area (Å²) in [5, 5.41) is 5.51. The largest absolute Gasteiger partial charge is 0.353 e. The summed E-state index contributed by atoms with van der Waals surface area (Å²) in [7, 11) is 0. The van der Waals surface area contributed by atoms with Gasteiger partial charge in [0.05, 0.1) is 0 Å². The molecule has 1 aromatic carbocycles. The first-order valence-electron chi connectivity index (χ1n) is 9.60. The van der Waals surface area contributed by atoms with Crippen LogP contribution in [0.15, 0.2) is 47.3 Å². The number of aryl methyl sites for hydroxylation is 1. The second-order valence-electron chi connectivity index (χ2n) is 7.00. The van der Waals surface area contributed by atoms with E-state index in [-0.39, 0.29) is 29.6 Å². The zero-order valence-electron chi connectivity index (χ0n) is 16.1. The Labute approximate surface area is 164 Å². The molecule has 2 N–H and O–H groups in total. The Morgan fingerprint density at radius 2 is 1.75 bits per heavy atom. The highest BCUT2D eigenvalue weighted by molar-refractivity contribution is 6.04. The Balaban J connectivity index is 1.62. The number of nitrogens with one attached hydrogen (secondary N) is 2. The molecule has 0 spiro atoms. The van der Waals surface area contributed by atoms with E-state index in [2.05, 4.69) is 15.5 Å². The van der Waals surface area contributed by atoms with Crippen LogP contribution < -0.4 is 16.2 Å². The van der Waals surface area contributed by atoms with E-state index >= 15 is 0 Å². The van der Waals surface area contributed by atoms with Gasteiger partial charge in [-0.15, -0.1) is 0 Å². The van der Waals surface area contributed by atoms with Crippen LogP contribution in [0.25, 0.3) is 0 Å². The molecular formula is C21H26N4O3. The van der Waals surface area contributed by atoms with Crippen LogP contribution in [0.2, 0.25) is 0 Å². The van der Waals surface area contributed by atoms with Gasteiger partial charge in [-0.2, -0.15) is 0 Å². The van der Waals surface area contributed by atoms with Gasteiger partial charge < -0.3 is 20.1 Å². The number of carbonyl (C=O) groups excluding carboxylic acids is 2. The maximum absolute atomic E-state index is 12.7. The molecule has 1 aromatic heterocycles. The third-order valence-electron chi connectivity index (χ3n) is 4.93. The number of amides is 2. The molecule has 0 bridgehead atoms. The fourth-order valence-electron chi connectivity index (χ4n) is 3.31. The Morgan fingerprint density at radius 1 is 1.04 bits per heavy atom. The van der Waals surface area contributed by atoms with Crippen LogP contribution in [0.5, 0.6) is 0 Å². The summed E-state index contributed by atoms with van der Waals surface area (Å²) < 4.78 is 1.38. The fraction of sp³-hybridized carbons (Fsp3) is 0.381. The first-order valence-corrected chi connectivity index (χ1v) is 9.60. The van der Waals surface area contributed by atoms with Gasteiger partial charge in [-0.05, 0) is 57.1 Å². The molecule has 7 nitrogen and oxygen atoms in total. The Bertz CT molecular complexity index is 886. The fourth-order valence-corrected chi connectivity index (χ4v) is 3.31. The summed E-state index contributed by atoms with van der Waals surface area (Å²) >= 11 is 0. The maximum Gasteiger partial charge on any atom is 0.274 e. The lowest BCUT2D eigenvalue weighted by molar-refractivity contribution is -0.121. The molecule has 3 rings (SSSR count). The average Bonchev–Trinajstić information content (AvgIpc) is 3.21. The molecule has 1 fully saturated rings. The SMILES string of the molecule is Cc1ccc(NC(=O)c2ccccc2)c(=O)n1CC(=O)NCCN1CCCC1. The van der Waals surface area contributed by atoms with Gasteiger partial charge in [0.15, 0.2) is 0 Å². The molecular weight excluding hydrogens is 356 g/mol. The normalized spacial score (nSPS) is 14.0. The van der Waals surface area contributed by atoms with Crippen LogP contribution in [-0.2, 0) is 11.3 Å². The molecule has 0 saturated carbocycles. The topological polar surface area (TPSA) is 83.4 Å². The second kappa shape index (κ2) is 9.32. The van der Waals surface area contributed by atoms with Crippen molar-refractivity contribution in [2.45, 2.75) is 26.3 Å². The quantitative estimate of drug-likeness (QED) is 0.762. The second-order valence-corrected chi connectivity index (χ2v) is 7.00. The van der Waals surface area contributed by atoms with E-state index in [0.717, 1.165) is 19.6 Å². The van der Waals surface area contributed by atoms with Gasteiger partial charge in [-0.1, -0.05) is 18.2 Å². The number of anilines is 1. The molecule has 0 atom stereocenters. The highest BCUT2D eigenvalue weighted by Crippen LogP contribution is 2.07. The Morgan fingerprint density at radius 3 is 2.46 bits per heavy atom. The van der Waals surface area contributed by atoms with E-state index in [4.69, 9.17) is 0 Å². The van der Waals surface area contributed by atoms with Crippen molar-refractivity contribution in [3.63, 3.8) is 0 Å².